The lowest BCUT2D eigenvalue weighted by atomic mass is 10.0. The quantitative estimate of drug-likeness (QED) is 0.371. The summed E-state index contributed by atoms with van der Waals surface area (Å²) in [7, 11) is 0. The maximum absolute atomic E-state index is 12.4. The maximum Gasteiger partial charge on any atom is 0.312 e. The van der Waals surface area contributed by atoms with Crippen molar-refractivity contribution < 1.29 is 19.1 Å². The first kappa shape index (κ1) is 24.7. The van der Waals surface area contributed by atoms with Crippen LogP contribution in [-0.2, 0) is 33.6 Å². The zero-order valence-electron chi connectivity index (χ0n) is 18.9. The van der Waals surface area contributed by atoms with E-state index in [2.05, 4.69) is 10.3 Å². The standard InChI is InChI=1S/C25H27ClN2O4S/c1-4-16-11-12-20(26)18(5-2)24(16)28-22(29)14-32-23(30)13-17-15-33-25(27-17)19-9-7-8-10-21(19)31-6-3/h7-12,15H,4-6,13-14H2,1-3H3,(H,28,29). The number of hydrogen-bond acceptors (Lipinski definition) is 6. The number of para-hydroxylation sites is 1. The number of amides is 1. The molecule has 33 heavy (non-hydrogen) atoms. The van der Waals surface area contributed by atoms with E-state index in [0.717, 1.165) is 33.9 Å². The number of nitrogens with one attached hydrogen (secondary N) is 1. The van der Waals surface area contributed by atoms with E-state index in [4.69, 9.17) is 21.1 Å². The number of ether oxygens (including phenoxy) is 2. The Bertz CT molecular complexity index is 1130. The van der Waals surface area contributed by atoms with Gasteiger partial charge in [-0.1, -0.05) is 43.6 Å². The molecule has 0 bridgehead atoms. The van der Waals surface area contributed by atoms with Gasteiger partial charge in [0.05, 0.1) is 24.3 Å². The third-order valence-corrected chi connectivity index (χ3v) is 6.28. The fourth-order valence-electron chi connectivity index (χ4n) is 3.42. The van der Waals surface area contributed by atoms with Gasteiger partial charge in [0.2, 0.25) is 0 Å². The number of anilines is 1. The van der Waals surface area contributed by atoms with Crippen LogP contribution in [0.4, 0.5) is 5.69 Å². The molecule has 2 aromatic carbocycles. The van der Waals surface area contributed by atoms with Crippen LogP contribution in [0.1, 0.15) is 37.6 Å². The van der Waals surface area contributed by atoms with E-state index in [1.54, 1.807) is 0 Å². The number of halogens is 1. The molecule has 0 atom stereocenters. The summed E-state index contributed by atoms with van der Waals surface area (Å²) in [6.07, 6.45) is 1.41. The van der Waals surface area contributed by atoms with Gasteiger partial charge in [0.15, 0.2) is 6.61 Å². The van der Waals surface area contributed by atoms with E-state index in [0.29, 0.717) is 29.4 Å². The second-order valence-corrected chi connectivity index (χ2v) is 8.49. The Morgan fingerprint density at radius 1 is 1.09 bits per heavy atom. The van der Waals surface area contributed by atoms with Crippen LogP contribution in [-0.4, -0.2) is 30.1 Å². The van der Waals surface area contributed by atoms with Crippen molar-refractivity contribution in [3.63, 3.8) is 0 Å². The van der Waals surface area contributed by atoms with Gasteiger partial charge in [-0.3, -0.25) is 9.59 Å². The van der Waals surface area contributed by atoms with Crippen molar-refractivity contribution in [2.24, 2.45) is 0 Å². The van der Waals surface area contributed by atoms with Crippen LogP contribution >= 0.6 is 22.9 Å². The fraction of sp³-hybridized carbons (Fsp3) is 0.320. The van der Waals surface area contributed by atoms with Crippen molar-refractivity contribution in [3.8, 4) is 16.3 Å². The third-order valence-electron chi connectivity index (χ3n) is 5.00. The number of carbonyl (C=O) groups is 2. The SMILES string of the molecule is CCOc1ccccc1-c1nc(CC(=O)OCC(=O)Nc2c(CC)ccc(Cl)c2CC)cs1. The molecule has 3 aromatic rings. The minimum Gasteiger partial charge on any atom is -0.493 e. The van der Waals surface area contributed by atoms with E-state index in [1.807, 2.05) is 62.5 Å². The molecule has 1 N–H and O–H groups in total. The second kappa shape index (κ2) is 11.8. The summed E-state index contributed by atoms with van der Waals surface area (Å²) in [5.41, 5.74) is 4.02. The lowest BCUT2D eigenvalue weighted by Gasteiger charge is -2.16. The molecule has 0 spiro atoms. The van der Waals surface area contributed by atoms with Crippen LogP contribution in [0.15, 0.2) is 41.8 Å². The van der Waals surface area contributed by atoms with E-state index >= 15 is 0 Å². The molecule has 0 aliphatic rings. The molecular weight excluding hydrogens is 460 g/mol. The van der Waals surface area contributed by atoms with Crippen molar-refractivity contribution in [3.05, 3.63) is 63.6 Å². The Morgan fingerprint density at radius 3 is 2.61 bits per heavy atom. The molecular formula is C25H27ClN2O4S. The average molecular weight is 487 g/mol. The molecule has 1 amide bonds. The van der Waals surface area contributed by atoms with Crippen molar-refractivity contribution in [2.75, 3.05) is 18.5 Å². The Labute approximate surface area is 202 Å². The summed E-state index contributed by atoms with van der Waals surface area (Å²) >= 11 is 7.71. The van der Waals surface area contributed by atoms with E-state index < -0.39 is 11.9 Å². The molecule has 0 aliphatic carbocycles. The number of rotatable bonds is 10. The lowest BCUT2D eigenvalue weighted by Crippen LogP contribution is -2.23. The highest BCUT2D eigenvalue weighted by Gasteiger charge is 2.16. The van der Waals surface area contributed by atoms with Crippen molar-refractivity contribution in [1.82, 2.24) is 4.98 Å². The molecule has 0 unspecified atom stereocenters. The van der Waals surface area contributed by atoms with E-state index in [1.165, 1.54) is 11.3 Å². The number of carbonyl (C=O) groups excluding carboxylic acids is 2. The number of esters is 1. The topological polar surface area (TPSA) is 77.5 Å². The predicted octanol–water partition coefficient (Wildman–Crippen LogP) is 5.71. The number of thiazole rings is 1. The molecule has 0 saturated heterocycles. The molecule has 8 heteroatoms. The third kappa shape index (κ3) is 6.33. The van der Waals surface area contributed by atoms with Crippen LogP contribution in [0.2, 0.25) is 5.02 Å². The minimum absolute atomic E-state index is 0.0157. The van der Waals surface area contributed by atoms with E-state index in [9.17, 15) is 9.59 Å². The summed E-state index contributed by atoms with van der Waals surface area (Å²) in [5.74, 6) is -0.170. The van der Waals surface area contributed by atoms with Crippen LogP contribution in [0.3, 0.4) is 0 Å². The van der Waals surface area contributed by atoms with Gasteiger partial charge >= 0.3 is 5.97 Å². The van der Waals surface area contributed by atoms with Gasteiger partial charge in [-0.25, -0.2) is 4.98 Å². The minimum atomic E-state index is -0.516. The van der Waals surface area contributed by atoms with Crippen LogP contribution < -0.4 is 10.1 Å². The van der Waals surface area contributed by atoms with Crippen molar-refractivity contribution in [1.29, 1.82) is 0 Å². The van der Waals surface area contributed by atoms with Gasteiger partial charge in [0.25, 0.3) is 5.91 Å². The zero-order chi connectivity index (χ0) is 23.8. The first-order chi connectivity index (χ1) is 16.0. The normalized spacial score (nSPS) is 10.7. The Balaban J connectivity index is 1.59. The molecule has 3 rings (SSSR count). The Hall–Kier alpha value is -2.90. The molecule has 1 aromatic heterocycles. The zero-order valence-corrected chi connectivity index (χ0v) is 20.5. The summed E-state index contributed by atoms with van der Waals surface area (Å²) < 4.78 is 10.8. The maximum atomic E-state index is 12.4. The summed E-state index contributed by atoms with van der Waals surface area (Å²) in [5, 5.41) is 6.04. The highest BCUT2D eigenvalue weighted by atomic mass is 35.5. The molecule has 174 valence electrons. The highest BCUT2D eigenvalue weighted by molar-refractivity contribution is 7.13. The molecule has 6 nitrogen and oxygen atoms in total. The molecule has 1 heterocycles. The first-order valence-electron chi connectivity index (χ1n) is 10.9. The Kier molecular flexibility index (Phi) is 8.86. The average Bonchev–Trinajstić information content (AvgIpc) is 3.27. The van der Waals surface area contributed by atoms with E-state index in [-0.39, 0.29) is 13.0 Å². The number of hydrogen-bond donors (Lipinski definition) is 1. The molecule has 0 aliphatic heterocycles. The molecule has 0 fully saturated rings. The fourth-order valence-corrected chi connectivity index (χ4v) is 4.56. The molecule has 0 saturated carbocycles. The van der Waals surface area contributed by atoms with Crippen LogP contribution in [0, 0.1) is 0 Å². The van der Waals surface area contributed by atoms with Crippen molar-refractivity contribution in [2.45, 2.75) is 40.0 Å². The van der Waals surface area contributed by atoms with Gasteiger partial charge in [-0.2, -0.15) is 0 Å². The number of benzene rings is 2. The Morgan fingerprint density at radius 2 is 1.88 bits per heavy atom. The highest BCUT2D eigenvalue weighted by Crippen LogP contribution is 2.32. The van der Waals surface area contributed by atoms with Gasteiger partial charge in [0.1, 0.15) is 10.8 Å². The van der Waals surface area contributed by atoms with Gasteiger partial charge in [-0.15, -0.1) is 11.3 Å². The van der Waals surface area contributed by atoms with Crippen LogP contribution in [0.5, 0.6) is 5.75 Å². The van der Waals surface area contributed by atoms with Crippen molar-refractivity contribution >= 4 is 40.5 Å². The second-order valence-electron chi connectivity index (χ2n) is 7.23. The monoisotopic (exact) mass is 486 g/mol. The number of aromatic nitrogens is 1. The van der Waals surface area contributed by atoms with Crippen LogP contribution in [0.25, 0.3) is 10.6 Å². The summed E-state index contributed by atoms with van der Waals surface area (Å²) in [4.78, 5) is 29.3. The van der Waals surface area contributed by atoms with Gasteiger partial charge in [0, 0.05) is 16.1 Å². The molecule has 0 radical (unpaired) electrons. The smallest absolute Gasteiger partial charge is 0.312 e. The number of nitrogens with zero attached hydrogens (tertiary/aromatic N) is 1. The lowest BCUT2D eigenvalue weighted by molar-refractivity contribution is -0.146. The number of aryl methyl sites for hydroxylation is 1. The van der Waals surface area contributed by atoms with Gasteiger partial charge < -0.3 is 14.8 Å². The van der Waals surface area contributed by atoms with Gasteiger partial charge in [-0.05, 0) is 49.1 Å². The largest absolute Gasteiger partial charge is 0.493 e. The first-order valence-corrected chi connectivity index (χ1v) is 12.1. The predicted molar refractivity (Wildman–Crippen MR) is 132 cm³/mol. The summed E-state index contributed by atoms with van der Waals surface area (Å²) in [6, 6.07) is 11.4. The summed E-state index contributed by atoms with van der Waals surface area (Å²) in [6.45, 7) is 6.09.